The summed E-state index contributed by atoms with van der Waals surface area (Å²) in [5, 5.41) is 9.03. The number of anilines is 1. The normalized spacial score (nSPS) is 11.8. The lowest BCUT2D eigenvalue weighted by molar-refractivity contribution is 0.471. The van der Waals surface area contributed by atoms with Crippen molar-refractivity contribution in [3.05, 3.63) is 23.0 Å². The molecule has 0 fully saturated rings. The van der Waals surface area contributed by atoms with E-state index in [0.29, 0.717) is 0 Å². The minimum absolute atomic E-state index is 0.180. The van der Waals surface area contributed by atoms with E-state index in [-0.39, 0.29) is 10.7 Å². The van der Waals surface area contributed by atoms with Crippen molar-refractivity contribution in [3.63, 3.8) is 0 Å². The van der Waals surface area contributed by atoms with E-state index < -0.39 is 21.8 Å². The third-order valence-electron chi connectivity index (χ3n) is 1.76. The molecule has 2 N–H and O–H groups in total. The molecule has 16 heavy (non-hydrogen) atoms. The second-order valence-corrected chi connectivity index (χ2v) is 5.46. The van der Waals surface area contributed by atoms with Crippen molar-refractivity contribution < 1.29 is 17.9 Å². The molecule has 0 atom stereocenters. The summed E-state index contributed by atoms with van der Waals surface area (Å²) >= 11 is 5.46. The summed E-state index contributed by atoms with van der Waals surface area (Å²) in [5.74, 6) is -1.36. The average molecular weight is 269 g/mol. The van der Waals surface area contributed by atoms with E-state index >= 15 is 0 Å². The van der Waals surface area contributed by atoms with Gasteiger partial charge in [-0.15, -0.1) is 0 Å². The Morgan fingerprint density at radius 3 is 2.50 bits per heavy atom. The van der Waals surface area contributed by atoms with Gasteiger partial charge >= 0.3 is 10.2 Å². The first-order valence-corrected chi connectivity index (χ1v) is 5.94. The highest BCUT2D eigenvalue weighted by molar-refractivity contribution is 7.90. The van der Waals surface area contributed by atoms with Gasteiger partial charge in [0.1, 0.15) is 11.6 Å². The number of phenolic OH excluding ortho intramolecular Hbond substituents is 1. The van der Waals surface area contributed by atoms with E-state index in [1.165, 1.54) is 14.1 Å². The smallest absolute Gasteiger partial charge is 0.301 e. The molecular formula is C8H10ClFN2O3S. The van der Waals surface area contributed by atoms with Gasteiger partial charge in [-0.25, -0.2) is 4.39 Å². The second kappa shape index (κ2) is 4.44. The lowest BCUT2D eigenvalue weighted by Crippen LogP contribution is -2.28. The summed E-state index contributed by atoms with van der Waals surface area (Å²) in [6.45, 7) is 0. The molecule has 1 aromatic carbocycles. The molecule has 0 aliphatic heterocycles. The molecule has 90 valence electrons. The highest BCUT2D eigenvalue weighted by atomic mass is 35.5. The number of hydrogen-bond acceptors (Lipinski definition) is 3. The number of halogens is 2. The van der Waals surface area contributed by atoms with Crippen molar-refractivity contribution >= 4 is 27.5 Å². The lowest BCUT2D eigenvalue weighted by Gasteiger charge is -2.14. The zero-order valence-electron chi connectivity index (χ0n) is 8.53. The van der Waals surface area contributed by atoms with Gasteiger partial charge in [-0.2, -0.15) is 12.7 Å². The number of nitrogens with zero attached hydrogens (tertiary/aromatic N) is 1. The van der Waals surface area contributed by atoms with Gasteiger partial charge in [0.2, 0.25) is 0 Å². The van der Waals surface area contributed by atoms with E-state index in [1.54, 1.807) is 0 Å². The molecule has 0 radical (unpaired) electrons. The summed E-state index contributed by atoms with van der Waals surface area (Å²) < 4.78 is 38.7. The minimum Gasteiger partial charge on any atom is -0.506 e. The van der Waals surface area contributed by atoms with Crippen molar-refractivity contribution in [3.8, 4) is 5.75 Å². The first-order valence-electron chi connectivity index (χ1n) is 4.12. The first kappa shape index (κ1) is 13.0. The van der Waals surface area contributed by atoms with Crippen LogP contribution in [0.15, 0.2) is 12.1 Å². The van der Waals surface area contributed by atoms with Crippen molar-refractivity contribution in [2.75, 3.05) is 18.8 Å². The maximum Gasteiger partial charge on any atom is 0.301 e. The van der Waals surface area contributed by atoms with Crippen molar-refractivity contribution in [2.45, 2.75) is 0 Å². The van der Waals surface area contributed by atoms with E-state index in [4.69, 9.17) is 11.6 Å². The molecule has 5 nitrogen and oxygen atoms in total. The molecule has 1 aromatic rings. The number of rotatable bonds is 3. The van der Waals surface area contributed by atoms with Crippen LogP contribution in [-0.4, -0.2) is 31.9 Å². The summed E-state index contributed by atoms with van der Waals surface area (Å²) in [6.07, 6.45) is 0. The Morgan fingerprint density at radius 1 is 1.44 bits per heavy atom. The van der Waals surface area contributed by atoms with Crippen LogP contribution >= 0.6 is 11.6 Å². The van der Waals surface area contributed by atoms with Gasteiger partial charge in [0.25, 0.3) is 0 Å². The van der Waals surface area contributed by atoms with E-state index in [2.05, 4.69) is 4.72 Å². The molecule has 0 aromatic heterocycles. The Kier molecular flexibility index (Phi) is 3.61. The number of nitrogens with one attached hydrogen (secondary N) is 1. The van der Waals surface area contributed by atoms with Crippen LogP contribution in [0.25, 0.3) is 0 Å². The molecular weight excluding hydrogens is 259 g/mol. The second-order valence-electron chi connectivity index (χ2n) is 3.17. The quantitative estimate of drug-likeness (QED) is 0.814. The molecule has 1 rings (SSSR count). The van der Waals surface area contributed by atoms with E-state index in [1.807, 2.05) is 0 Å². The summed E-state index contributed by atoms with van der Waals surface area (Å²) in [4.78, 5) is 0. The number of hydrogen-bond donors (Lipinski definition) is 2. The third-order valence-corrected chi connectivity index (χ3v) is 3.49. The van der Waals surface area contributed by atoms with Crippen LogP contribution in [0.1, 0.15) is 0 Å². The fourth-order valence-corrected chi connectivity index (χ4v) is 1.64. The number of benzene rings is 1. The van der Waals surface area contributed by atoms with Gasteiger partial charge in [-0.1, -0.05) is 11.6 Å². The molecule has 0 amide bonds. The number of phenols is 1. The van der Waals surface area contributed by atoms with Gasteiger partial charge in [-0.3, -0.25) is 4.72 Å². The molecule has 0 saturated carbocycles. The van der Waals surface area contributed by atoms with E-state index in [0.717, 1.165) is 16.4 Å². The van der Waals surface area contributed by atoms with Crippen LogP contribution in [0.5, 0.6) is 5.75 Å². The Hall–Kier alpha value is -1.05. The molecule has 0 aliphatic carbocycles. The molecule has 0 spiro atoms. The standard InChI is InChI=1S/C8H10ClFN2O3S/c1-12(2)16(14,15)11-7-3-5(9)6(10)4-8(7)13/h3-4,11,13H,1-2H3. The van der Waals surface area contributed by atoms with Gasteiger partial charge < -0.3 is 5.11 Å². The van der Waals surface area contributed by atoms with Crippen LogP contribution in [0.4, 0.5) is 10.1 Å². The maximum absolute atomic E-state index is 12.9. The van der Waals surface area contributed by atoms with Gasteiger partial charge in [0.05, 0.1) is 10.7 Å². The van der Waals surface area contributed by atoms with Crippen LogP contribution in [-0.2, 0) is 10.2 Å². The molecule has 0 heterocycles. The fourth-order valence-electron chi connectivity index (χ4n) is 0.848. The van der Waals surface area contributed by atoms with E-state index in [9.17, 15) is 17.9 Å². The summed E-state index contributed by atoms with van der Waals surface area (Å²) in [6, 6.07) is 1.73. The maximum atomic E-state index is 12.9. The Balaban J connectivity index is 3.13. The van der Waals surface area contributed by atoms with Crippen molar-refractivity contribution in [2.24, 2.45) is 0 Å². The van der Waals surface area contributed by atoms with Crippen LogP contribution in [0.2, 0.25) is 5.02 Å². The monoisotopic (exact) mass is 268 g/mol. The van der Waals surface area contributed by atoms with Crippen LogP contribution in [0.3, 0.4) is 0 Å². The van der Waals surface area contributed by atoms with Crippen molar-refractivity contribution in [1.82, 2.24) is 4.31 Å². The minimum atomic E-state index is -3.76. The predicted molar refractivity (Wildman–Crippen MR) is 59.3 cm³/mol. The molecule has 0 bridgehead atoms. The zero-order valence-corrected chi connectivity index (χ0v) is 10.1. The van der Waals surface area contributed by atoms with Crippen LogP contribution in [0, 0.1) is 5.82 Å². The largest absolute Gasteiger partial charge is 0.506 e. The lowest BCUT2D eigenvalue weighted by atomic mass is 10.3. The third kappa shape index (κ3) is 2.75. The van der Waals surface area contributed by atoms with Gasteiger partial charge in [-0.05, 0) is 6.07 Å². The van der Waals surface area contributed by atoms with Gasteiger partial charge in [0, 0.05) is 20.2 Å². The highest BCUT2D eigenvalue weighted by Crippen LogP contribution is 2.30. The Bertz CT molecular complexity index is 504. The van der Waals surface area contributed by atoms with Crippen LogP contribution < -0.4 is 4.72 Å². The Morgan fingerprint density at radius 2 is 2.00 bits per heavy atom. The molecule has 8 heteroatoms. The average Bonchev–Trinajstić information content (AvgIpc) is 2.13. The topological polar surface area (TPSA) is 69.6 Å². The Labute approximate surface area is 97.6 Å². The van der Waals surface area contributed by atoms with Gasteiger partial charge in [0.15, 0.2) is 0 Å². The zero-order chi connectivity index (χ0) is 12.5. The molecule has 0 saturated heterocycles. The highest BCUT2D eigenvalue weighted by Gasteiger charge is 2.16. The first-order chi connectivity index (χ1) is 7.24. The fraction of sp³-hybridized carbons (Fsp3) is 0.250. The predicted octanol–water partition coefficient (Wildman–Crippen LogP) is 1.40. The molecule has 0 aliphatic rings. The molecule has 0 unspecified atom stereocenters. The summed E-state index contributed by atoms with van der Waals surface area (Å²) in [7, 11) is -1.14. The number of aromatic hydroxyl groups is 1. The summed E-state index contributed by atoms with van der Waals surface area (Å²) in [5.41, 5.74) is -0.180. The SMILES string of the molecule is CN(C)S(=O)(=O)Nc1cc(Cl)c(F)cc1O. The van der Waals surface area contributed by atoms with Crippen molar-refractivity contribution in [1.29, 1.82) is 0 Å².